The lowest BCUT2D eigenvalue weighted by Crippen LogP contribution is -2.14. The Morgan fingerprint density at radius 1 is 1.10 bits per heavy atom. The molecule has 0 bridgehead atoms. The van der Waals surface area contributed by atoms with E-state index in [2.05, 4.69) is 27.3 Å². The van der Waals surface area contributed by atoms with Crippen molar-refractivity contribution in [3.63, 3.8) is 0 Å². The number of methoxy groups -OCH3 is 1. The summed E-state index contributed by atoms with van der Waals surface area (Å²) in [5.74, 6) is 0.268. The van der Waals surface area contributed by atoms with E-state index in [1.807, 2.05) is 74.5 Å². The van der Waals surface area contributed by atoms with Crippen LogP contribution in [0.25, 0.3) is 6.08 Å². The predicted molar refractivity (Wildman–Crippen MR) is 128 cm³/mol. The average Bonchev–Trinajstić information content (AvgIpc) is 2.76. The summed E-state index contributed by atoms with van der Waals surface area (Å²) in [6.45, 7) is 3.87. The molecule has 0 heterocycles. The van der Waals surface area contributed by atoms with Crippen LogP contribution in [0.3, 0.4) is 0 Å². The van der Waals surface area contributed by atoms with Crippen LogP contribution in [-0.4, -0.2) is 13.0 Å². The van der Waals surface area contributed by atoms with Gasteiger partial charge in [0.05, 0.1) is 7.11 Å². The highest BCUT2D eigenvalue weighted by Gasteiger charge is 2.13. The van der Waals surface area contributed by atoms with Crippen molar-refractivity contribution in [3.05, 3.63) is 98.5 Å². The van der Waals surface area contributed by atoms with Gasteiger partial charge in [-0.1, -0.05) is 58.4 Å². The van der Waals surface area contributed by atoms with Crippen LogP contribution in [0.1, 0.15) is 27.8 Å². The lowest BCUT2D eigenvalue weighted by Gasteiger charge is -2.11. The maximum Gasteiger partial charge on any atom is 0.266 e. The van der Waals surface area contributed by atoms with E-state index in [0.717, 1.165) is 32.3 Å². The van der Waals surface area contributed by atoms with Crippen molar-refractivity contribution in [3.8, 4) is 11.8 Å². The first-order chi connectivity index (χ1) is 14.9. The van der Waals surface area contributed by atoms with E-state index < -0.39 is 5.91 Å². The minimum Gasteiger partial charge on any atom is -0.496 e. The second-order valence-electron chi connectivity index (χ2n) is 7.28. The van der Waals surface area contributed by atoms with E-state index in [4.69, 9.17) is 4.74 Å². The Labute approximate surface area is 191 Å². The fourth-order valence-corrected chi connectivity index (χ4v) is 3.64. The second kappa shape index (κ2) is 10.1. The van der Waals surface area contributed by atoms with E-state index in [0.29, 0.717) is 17.9 Å². The Kier molecular flexibility index (Phi) is 7.28. The number of hydrogen-bond acceptors (Lipinski definition) is 3. The van der Waals surface area contributed by atoms with Crippen LogP contribution in [0.5, 0.6) is 5.75 Å². The van der Waals surface area contributed by atoms with E-state index in [-0.39, 0.29) is 5.57 Å². The molecule has 3 rings (SSSR count). The number of halogens is 1. The molecule has 0 aliphatic rings. The van der Waals surface area contributed by atoms with Gasteiger partial charge in [-0.05, 0) is 65.9 Å². The molecular weight excluding hydrogens is 452 g/mol. The zero-order valence-electron chi connectivity index (χ0n) is 17.7. The van der Waals surface area contributed by atoms with E-state index in [1.54, 1.807) is 13.2 Å². The first-order valence-electron chi connectivity index (χ1n) is 9.82. The van der Waals surface area contributed by atoms with Crippen molar-refractivity contribution >= 4 is 33.6 Å². The number of carbonyl (C=O) groups excluding carboxylic acids is 1. The van der Waals surface area contributed by atoms with Crippen LogP contribution in [-0.2, 0) is 11.2 Å². The molecule has 0 unspecified atom stereocenters. The minimum atomic E-state index is -0.438. The summed E-state index contributed by atoms with van der Waals surface area (Å²) in [5.41, 5.74) is 5.59. The predicted octanol–water partition coefficient (Wildman–Crippen LogP) is 6.21. The number of nitriles is 1. The average molecular weight is 475 g/mol. The van der Waals surface area contributed by atoms with E-state index in [9.17, 15) is 10.1 Å². The van der Waals surface area contributed by atoms with Gasteiger partial charge < -0.3 is 10.1 Å². The number of hydrogen-bond donors (Lipinski definition) is 1. The molecule has 0 aliphatic heterocycles. The Balaban J connectivity index is 1.85. The highest BCUT2D eigenvalue weighted by atomic mass is 79.9. The molecule has 0 saturated heterocycles. The van der Waals surface area contributed by atoms with Gasteiger partial charge in [-0.15, -0.1) is 0 Å². The molecule has 31 heavy (non-hydrogen) atoms. The number of nitrogens with one attached hydrogen (secondary N) is 1. The van der Waals surface area contributed by atoms with Crippen LogP contribution in [0.4, 0.5) is 5.69 Å². The number of nitrogens with zero attached hydrogens (tertiary/aromatic N) is 1. The van der Waals surface area contributed by atoms with Crippen LogP contribution in [0.2, 0.25) is 0 Å². The maximum atomic E-state index is 12.7. The fourth-order valence-electron chi connectivity index (χ4n) is 3.22. The molecule has 0 aromatic heterocycles. The number of amides is 1. The minimum absolute atomic E-state index is 0.0292. The van der Waals surface area contributed by atoms with Crippen molar-refractivity contribution < 1.29 is 9.53 Å². The van der Waals surface area contributed by atoms with Crippen LogP contribution >= 0.6 is 15.9 Å². The van der Waals surface area contributed by atoms with Crippen molar-refractivity contribution in [1.29, 1.82) is 5.26 Å². The number of rotatable bonds is 6. The molecule has 3 aromatic rings. The summed E-state index contributed by atoms with van der Waals surface area (Å²) in [6, 6.07) is 21.5. The zero-order chi connectivity index (χ0) is 22.4. The van der Waals surface area contributed by atoms with Gasteiger partial charge in [0.15, 0.2) is 0 Å². The maximum absolute atomic E-state index is 12.7. The molecule has 156 valence electrons. The Morgan fingerprint density at radius 3 is 2.58 bits per heavy atom. The number of aryl methyl sites for hydroxylation is 2. The summed E-state index contributed by atoms with van der Waals surface area (Å²) < 4.78 is 6.61. The first-order valence-corrected chi connectivity index (χ1v) is 10.6. The largest absolute Gasteiger partial charge is 0.496 e. The van der Waals surface area contributed by atoms with Crippen LogP contribution in [0.15, 0.2) is 70.7 Å². The third-order valence-corrected chi connectivity index (χ3v) is 5.74. The summed E-state index contributed by atoms with van der Waals surface area (Å²) in [5, 5.41) is 12.4. The molecule has 0 fully saturated rings. The van der Waals surface area contributed by atoms with E-state index >= 15 is 0 Å². The zero-order valence-corrected chi connectivity index (χ0v) is 19.3. The second-order valence-corrected chi connectivity index (χ2v) is 8.14. The van der Waals surface area contributed by atoms with Gasteiger partial charge in [0.2, 0.25) is 0 Å². The van der Waals surface area contributed by atoms with Crippen molar-refractivity contribution in [2.45, 2.75) is 20.3 Å². The fraction of sp³-hybridized carbons (Fsp3) is 0.154. The van der Waals surface area contributed by atoms with Gasteiger partial charge in [-0.2, -0.15) is 5.26 Å². The molecule has 0 saturated carbocycles. The number of ether oxygens (including phenoxy) is 1. The smallest absolute Gasteiger partial charge is 0.266 e. The Bertz CT molecular complexity index is 1190. The standard InChI is InChI=1S/C26H23BrN2O2/c1-17-8-9-18(2)24(12-17)29-26(30)22(16-28)13-19-10-11-21(25(14-19)31-3)15-20-6-4-5-7-23(20)27/h4-14H,15H2,1-3H3,(H,29,30)/b22-13+. The third-order valence-electron chi connectivity index (χ3n) is 4.97. The Morgan fingerprint density at radius 2 is 1.87 bits per heavy atom. The highest BCUT2D eigenvalue weighted by molar-refractivity contribution is 9.10. The van der Waals surface area contributed by atoms with Gasteiger partial charge in [0.1, 0.15) is 17.4 Å². The van der Waals surface area contributed by atoms with Crippen LogP contribution < -0.4 is 10.1 Å². The molecule has 0 atom stereocenters. The van der Waals surface area contributed by atoms with Gasteiger partial charge in [-0.25, -0.2) is 0 Å². The summed E-state index contributed by atoms with van der Waals surface area (Å²) in [7, 11) is 1.62. The summed E-state index contributed by atoms with van der Waals surface area (Å²) in [4.78, 5) is 12.7. The molecule has 0 radical (unpaired) electrons. The number of carbonyl (C=O) groups is 1. The molecule has 0 spiro atoms. The van der Waals surface area contributed by atoms with Gasteiger partial charge in [0, 0.05) is 16.6 Å². The summed E-state index contributed by atoms with van der Waals surface area (Å²) >= 11 is 3.58. The Hall–Kier alpha value is -3.36. The molecule has 5 heteroatoms. The van der Waals surface area contributed by atoms with Gasteiger partial charge in [-0.3, -0.25) is 4.79 Å². The monoisotopic (exact) mass is 474 g/mol. The number of benzene rings is 3. The highest BCUT2D eigenvalue weighted by Crippen LogP contribution is 2.27. The van der Waals surface area contributed by atoms with Gasteiger partial charge >= 0.3 is 0 Å². The lowest BCUT2D eigenvalue weighted by molar-refractivity contribution is -0.112. The topological polar surface area (TPSA) is 62.1 Å². The van der Waals surface area contributed by atoms with Crippen molar-refractivity contribution in [2.24, 2.45) is 0 Å². The molecule has 4 nitrogen and oxygen atoms in total. The molecule has 3 aromatic carbocycles. The quantitative estimate of drug-likeness (QED) is 0.341. The molecule has 1 amide bonds. The third kappa shape index (κ3) is 5.62. The first kappa shape index (κ1) is 22.3. The lowest BCUT2D eigenvalue weighted by atomic mass is 10.0. The molecule has 0 aliphatic carbocycles. The van der Waals surface area contributed by atoms with E-state index in [1.165, 1.54) is 0 Å². The number of anilines is 1. The van der Waals surface area contributed by atoms with Crippen molar-refractivity contribution in [2.75, 3.05) is 12.4 Å². The van der Waals surface area contributed by atoms with Crippen molar-refractivity contribution in [1.82, 2.24) is 0 Å². The molecular formula is C26H23BrN2O2. The summed E-state index contributed by atoms with van der Waals surface area (Å²) in [6.07, 6.45) is 2.28. The van der Waals surface area contributed by atoms with Crippen LogP contribution in [0, 0.1) is 25.2 Å². The normalized spacial score (nSPS) is 11.0. The van der Waals surface area contributed by atoms with Gasteiger partial charge in [0.25, 0.3) is 5.91 Å². The SMILES string of the molecule is COc1cc(/C=C(\C#N)C(=O)Nc2cc(C)ccc2C)ccc1Cc1ccccc1Br. The molecule has 1 N–H and O–H groups in total.